The lowest BCUT2D eigenvalue weighted by molar-refractivity contribution is -0.140. The minimum atomic E-state index is -0.294. The monoisotopic (exact) mass is 394 g/mol. The van der Waals surface area contributed by atoms with E-state index in [0.29, 0.717) is 31.3 Å². The van der Waals surface area contributed by atoms with Gasteiger partial charge in [0.05, 0.1) is 11.8 Å². The van der Waals surface area contributed by atoms with Crippen LogP contribution >= 0.6 is 11.3 Å². The van der Waals surface area contributed by atoms with E-state index in [1.54, 1.807) is 21.1 Å². The number of benzene rings is 1. The van der Waals surface area contributed by atoms with E-state index in [0.717, 1.165) is 11.3 Å². The lowest BCUT2D eigenvalue weighted by Gasteiger charge is -2.38. The smallest absolute Gasteiger partial charge is 0.233 e. The molecule has 5 rings (SSSR count). The van der Waals surface area contributed by atoms with Gasteiger partial charge in [0.25, 0.3) is 0 Å². The first-order chi connectivity index (χ1) is 13.7. The van der Waals surface area contributed by atoms with Crippen molar-refractivity contribution in [2.24, 2.45) is 5.92 Å². The molecule has 4 heterocycles. The van der Waals surface area contributed by atoms with E-state index < -0.39 is 0 Å². The van der Waals surface area contributed by atoms with Crippen LogP contribution in [-0.2, 0) is 9.59 Å². The summed E-state index contributed by atoms with van der Waals surface area (Å²) in [5.74, 6) is 0.947. The van der Waals surface area contributed by atoms with E-state index in [2.05, 4.69) is 10.1 Å². The van der Waals surface area contributed by atoms with Gasteiger partial charge in [0.1, 0.15) is 0 Å². The first-order valence-electron chi connectivity index (χ1n) is 9.19. The molecule has 7 nitrogen and oxygen atoms in total. The second-order valence-electron chi connectivity index (χ2n) is 7.15. The maximum atomic E-state index is 12.8. The van der Waals surface area contributed by atoms with Crippen molar-refractivity contribution in [3.05, 3.63) is 53.0 Å². The van der Waals surface area contributed by atoms with Gasteiger partial charge in [-0.2, -0.15) is 16.3 Å². The summed E-state index contributed by atoms with van der Waals surface area (Å²) in [5, 5.41) is 7.97. The molecule has 142 valence electrons. The van der Waals surface area contributed by atoms with Gasteiger partial charge in [-0.05, 0) is 23.6 Å². The van der Waals surface area contributed by atoms with Crippen molar-refractivity contribution in [2.45, 2.75) is 12.3 Å². The molecule has 2 saturated heterocycles. The molecule has 2 aliphatic heterocycles. The van der Waals surface area contributed by atoms with E-state index in [-0.39, 0.29) is 30.1 Å². The molecule has 3 aromatic rings. The fourth-order valence-electron chi connectivity index (χ4n) is 3.71. The molecule has 2 aromatic heterocycles. The number of para-hydroxylation sites is 1. The highest BCUT2D eigenvalue weighted by Crippen LogP contribution is 2.32. The van der Waals surface area contributed by atoms with E-state index in [9.17, 15) is 9.59 Å². The standard InChI is InChI=1S/C20H18N4O3S/c25-17-8-14(11-24(17)16-4-2-1-3-5-16)20(26)23-9-15(10-23)19-21-18(22-27-19)13-6-7-28-12-13/h1-7,12,14-15H,8-11H2. The minimum Gasteiger partial charge on any atom is -0.341 e. The zero-order valence-electron chi connectivity index (χ0n) is 15.0. The van der Waals surface area contributed by atoms with Gasteiger partial charge >= 0.3 is 0 Å². The Morgan fingerprint density at radius 3 is 2.71 bits per heavy atom. The van der Waals surface area contributed by atoms with Gasteiger partial charge < -0.3 is 14.3 Å². The van der Waals surface area contributed by atoms with Gasteiger partial charge in [-0.1, -0.05) is 23.4 Å². The Morgan fingerprint density at radius 2 is 1.96 bits per heavy atom. The van der Waals surface area contributed by atoms with Crippen LogP contribution in [0, 0.1) is 5.92 Å². The summed E-state index contributed by atoms with van der Waals surface area (Å²) in [6, 6.07) is 11.4. The number of rotatable bonds is 4. The van der Waals surface area contributed by atoms with E-state index in [4.69, 9.17) is 4.52 Å². The second-order valence-corrected chi connectivity index (χ2v) is 7.93. The van der Waals surface area contributed by atoms with Crippen molar-refractivity contribution in [3.8, 4) is 11.4 Å². The van der Waals surface area contributed by atoms with Crippen molar-refractivity contribution in [2.75, 3.05) is 24.5 Å². The van der Waals surface area contributed by atoms with Crippen LogP contribution in [0.1, 0.15) is 18.2 Å². The Labute approximate surface area is 165 Å². The zero-order valence-corrected chi connectivity index (χ0v) is 15.8. The first-order valence-corrected chi connectivity index (χ1v) is 10.1. The third-order valence-electron chi connectivity index (χ3n) is 5.31. The van der Waals surface area contributed by atoms with Crippen molar-refractivity contribution < 1.29 is 14.1 Å². The number of carbonyl (C=O) groups is 2. The third kappa shape index (κ3) is 2.99. The summed E-state index contributed by atoms with van der Waals surface area (Å²) in [6.07, 6.45) is 0.262. The molecule has 1 aromatic carbocycles. The largest absolute Gasteiger partial charge is 0.341 e. The summed E-state index contributed by atoms with van der Waals surface area (Å²) in [7, 11) is 0. The Bertz CT molecular complexity index is 996. The van der Waals surface area contributed by atoms with Gasteiger partial charge in [-0.15, -0.1) is 0 Å². The number of thiophene rings is 1. The molecular weight excluding hydrogens is 376 g/mol. The van der Waals surface area contributed by atoms with Gasteiger partial charge in [0, 0.05) is 42.7 Å². The van der Waals surface area contributed by atoms with Crippen LogP contribution in [-0.4, -0.2) is 46.5 Å². The number of carbonyl (C=O) groups excluding carboxylic acids is 2. The van der Waals surface area contributed by atoms with Crippen molar-refractivity contribution in [1.82, 2.24) is 15.0 Å². The molecule has 0 radical (unpaired) electrons. The molecule has 28 heavy (non-hydrogen) atoms. The Morgan fingerprint density at radius 1 is 1.14 bits per heavy atom. The van der Waals surface area contributed by atoms with Crippen molar-refractivity contribution in [1.29, 1.82) is 0 Å². The molecule has 0 aliphatic carbocycles. The highest BCUT2D eigenvalue weighted by molar-refractivity contribution is 7.08. The summed E-state index contributed by atoms with van der Waals surface area (Å²) >= 11 is 1.58. The molecule has 1 unspecified atom stereocenters. The summed E-state index contributed by atoms with van der Waals surface area (Å²) < 4.78 is 5.38. The Balaban J connectivity index is 1.20. The average molecular weight is 394 g/mol. The van der Waals surface area contributed by atoms with E-state index in [1.807, 2.05) is 47.2 Å². The fraction of sp³-hybridized carbons (Fsp3) is 0.300. The van der Waals surface area contributed by atoms with Crippen LogP contribution in [0.15, 0.2) is 51.7 Å². The van der Waals surface area contributed by atoms with Crippen LogP contribution in [0.5, 0.6) is 0 Å². The number of amides is 2. The van der Waals surface area contributed by atoms with Gasteiger partial charge in [-0.3, -0.25) is 9.59 Å². The molecule has 0 spiro atoms. The highest BCUT2D eigenvalue weighted by atomic mass is 32.1. The fourth-order valence-corrected chi connectivity index (χ4v) is 4.35. The number of hydrogen-bond donors (Lipinski definition) is 0. The molecule has 2 amide bonds. The lowest BCUT2D eigenvalue weighted by Crippen LogP contribution is -2.51. The maximum absolute atomic E-state index is 12.8. The van der Waals surface area contributed by atoms with E-state index >= 15 is 0 Å². The molecule has 0 bridgehead atoms. The van der Waals surface area contributed by atoms with Gasteiger partial charge in [-0.25, -0.2) is 0 Å². The maximum Gasteiger partial charge on any atom is 0.233 e. The topological polar surface area (TPSA) is 79.5 Å². The first kappa shape index (κ1) is 17.1. The van der Waals surface area contributed by atoms with E-state index in [1.165, 1.54) is 0 Å². The molecule has 2 aliphatic rings. The Hall–Kier alpha value is -3.00. The molecule has 0 N–H and O–H groups in total. The third-order valence-corrected chi connectivity index (χ3v) is 5.99. The predicted octanol–water partition coefficient (Wildman–Crippen LogP) is 2.78. The molecule has 8 heteroatoms. The number of anilines is 1. The molecule has 2 fully saturated rings. The van der Waals surface area contributed by atoms with Gasteiger partial charge in [0.15, 0.2) is 0 Å². The van der Waals surface area contributed by atoms with Crippen LogP contribution in [0.4, 0.5) is 5.69 Å². The van der Waals surface area contributed by atoms with Crippen molar-refractivity contribution >= 4 is 28.8 Å². The molecule has 1 atom stereocenters. The number of aromatic nitrogens is 2. The quantitative estimate of drug-likeness (QED) is 0.680. The SMILES string of the molecule is O=C(C1CC(=O)N(c2ccccc2)C1)N1CC(c2nc(-c3ccsc3)no2)C1. The molecule has 0 saturated carbocycles. The Kier molecular flexibility index (Phi) is 4.20. The second kappa shape index (κ2) is 6.87. The zero-order chi connectivity index (χ0) is 19.1. The van der Waals surface area contributed by atoms with Crippen molar-refractivity contribution in [3.63, 3.8) is 0 Å². The number of nitrogens with zero attached hydrogens (tertiary/aromatic N) is 4. The lowest BCUT2D eigenvalue weighted by atomic mass is 9.96. The van der Waals surface area contributed by atoms with Gasteiger partial charge in [0.2, 0.25) is 23.5 Å². The van der Waals surface area contributed by atoms with Crippen LogP contribution in [0.25, 0.3) is 11.4 Å². The van der Waals surface area contributed by atoms with Crippen LogP contribution in [0.2, 0.25) is 0 Å². The highest BCUT2D eigenvalue weighted by Gasteiger charge is 2.42. The predicted molar refractivity (Wildman–Crippen MR) is 104 cm³/mol. The summed E-state index contributed by atoms with van der Waals surface area (Å²) in [5.41, 5.74) is 1.79. The number of hydrogen-bond acceptors (Lipinski definition) is 6. The van der Waals surface area contributed by atoms with Crippen LogP contribution < -0.4 is 4.90 Å². The van der Waals surface area contributed by atoms with Crippen LogP contribution in [0.3, 0.4) is 0 Å². The number of likely N-dealkylation sites (tertiary alicyclic amines) is 1. The summed E-state index contributed by atoms with van der Waals surface area (Å²) in [4.78, 5) is 33.1. The average Bonchev–Trinajstić information content (AvgIpc) is 3.41. The molecular formula is C20H18N4O3S. The summed E-state index contributed by atoms with van der Waals surface area (Å²) in [6.45, 7) is 1.55. The normalized spacial score (nSPS) is 19.9. The minimum absolute atomic E-state index is 0.000991.